The van der Waals surface area contributed by atoms with Gasteiger partial charge in [-0.05, 0) is 41.1 Å². The Balaban J connectivity index is 2.35. The molecule has 0 saturated heterocycles. The molecule has 1 aromatic heterocycles. The van der Waals surface area contributed by atoms with Crippen LogP contribution in [0.25, 0.3) is 11.5 Å². The summed E-state index contributed by atoms with van der Waals surface area (Å²) in [6, 6.07) is 7.87. The molecular formula is C11H10ClIN2O. The lowest BCUT2D eigenvalue weighted by Crippen LogP contribution is -1.91. The minimum Gasteiger partial charge on any atom is -0.334 e. The van der Waals surface area contributed by atoms with E-state index in [-0.39, 0.29) is 5.38 Å². The monoisotopic (exact) mass is 348 g/mol. The predicted molar refractivity (Wildman–Crippen MR) is 71.3 cm³/mol. The van der Waals surface area contributed by atoms with Gasteiger partial charge in [0, 0.05) is 3.57 Å². The number of rotatable bonds is 3. The average molecular weight is 349 g/mol. The largest absolute Gasteiger partial charge is 0.334 e. The molecule has 0 spiro atoms. The van der Waals surface area contributed by atoms with Crippen LogP contribution in [0.15, 0.2) is 28.8 Å². The fourth-order valence-corrected chi connectivity index (χ4v) is 2.00. The molecule has 0 radical (unpaired) electrons. The Hall–Kier alpha value is -0.620. The fraction of sp³-hybridized carbons (Fsp3) is 0.273. The topological polar surface area (TPSA) is 38.9 Å². The van der Waals surface area contributed by atoms with Crippen LogP contribution in [-0.4, -0.2) is 10.1 Å². The molecule has 0 aliphatic carbocycles. The Morgan fingerprint density at radius 2 is 2.19 bits per heavy atom. The van der Waals surface area contributed by atoms with Crippen molar-refractivity contribution >= 4 is 34.2 Å². The van der Waals surface area contributed by atoms with E-state index >= 15 is 0 Å². The van der Waals surface area contributed by atoms with Crippen LogP contribution < -0.4 is 0 Å². The highest BCUT2D eigenvalue weighted by molar-refractivity contribution is 14.1. The maximum atomic E-state index is 6.04. The maximum absolute atomic E-state index is 6.04. The van der Waals surface area contributed by atoms with Crippen LogP contribution in [0.4, 0.5) is 0 Å². The van der Waals surface area contributed by atoms with Crippen molar-refractivity contribution in [1.82, 2.24) is 10.1 Å². The Morgan fingerprint density at radius 3 is 2.88 bits per heavy atom. The Kier molecular flexibility index (Phi) is 3.81. The lowest BCUT2D eigenvalue weighted by Gasteiger charge is -1.97. The van der Waals surface area contributed by atoms with Crippen molar-refractivity contribution in [2.75, 3.05) is 0 Å². The standard InChI is InChI=1S/C11H10ClIN2O/c1-2-8(12)10-14-11(16-15-10)7-5-3-4-6-9(7)13/h3-6,8H,2H2,1H3. The molecule has 0 amide bonds. The second-order valence-corrected chi connectivity index (χ2v) is 5.00. The summed E-state index contributed by atoms with van der Waals surface area (Å²) in [4.78, 5) is 4.30. The van der Waals surface area contributed by atoms with E-state index < -0.39 is 0 Å². The summed E-state index contributed by atoms with van der Waals surface area (Å²) in [6.07, 6.45) is 0.784. The molecule has 0 N–H and O–H groups in total. The highest BCUT2D eigenvalue weighted by Crippen LogP contribution is 2.27. The van der Waals surface area contributed by atoms with Crippen molar-refractivity contribution in [3.05, 3.63) is 33.7 Å². The zero-order valence-corrected chi connectivity index (χ0v) is 11.6. The van der Waals surface area contributed by atoms with Gasteiger partial charge in [-0.2, -0.15) is 4.98 Å². The van der Waals surface area contributed by atoms with Crippen molar-refractivity contribution < 1.29 is 4.52 Å². The van der Waals surface area contributed by atoms with E-state index in [0.29, 0.717) is 11.7 Å². The van der Waals surface area contributed by atoms with Crippen LogP contribution in [0.2, 0.25) is 0 Å². The average Bonchev–Trinajstić information content (AvgIpc) is 2.78. The lowest BCUT2D eigenvalue weighted by molar-refractivity contribution is 0.421. The van der Waals surface area contributed by atoms with Gasteiger partial charge in [0.2, 0.25) is 0 Å². The molecule has 16 heavy (non-hydrogen) atoms. The molecule has 3 nitrogen and oxygen atoms in total. The van der Waals surface area contributed by atoms with Gasteiger partial charge in [0.25, 0.3) is 5.89 Å². The molecule has 2 aromatic rings. The molecule has 1 unspecified atom stereocenters. The van der Waals surface area contributed by atoms with Crippen LogP contribution in [0.1, 0.15) is 24.5 Å². The first-order chi connectivity index (χ1) is 7.72. The SMILES string of the molecule is CCC(Cl)c1noc(-c2ccccc2I)n1. The van der Waals surface area contributed by atoms with Gasteiger partial charge in [0.05, 0.1) is 10.9 Å². The first-order valence-electron chi connectivity index (χ1n) is 4.95. The molecule has 5 heteroatoms. The minimum absolute atomic E-state index is 0.182. The molecule has 0 fully saturated rings. The summed E-state index contributed by atoms with van der Waals surface area (Å²) in [5.74, 6) is 1.08. The third-order valence-electron chi connectivity index (χ3n) is 2.18. The molecule has 0 aliphatic heterocycles. The normalized spacial score (nSPS) is 12.7. The van der Waals surface area contributed by atoms with Gasteiger partial charge >= 0.3 is 0 Å². The first-order valence-corrected chi connectivity index (χ1v) is 6.46. The Bertz CT molecular complexity index is 486. The van der Waals surface area contributed by atoms with E-state index in [1.807, 2.05) is 31.2 Å². The Labute approximate surface area is 112 Å². The van der Waals surface area contributed by atoms with E-state index in [0.717, 1.165) is 15.6 Å². The van der Waals surface area contributed by atoms with E-state index in [4.69, 9.17) is 16.1 Å². The summed E-state index contributed by atoms with van der Waals surface area (Å²) in [6.45, 7) is 1.99. The van der Waals surface area contributed by atoms with E-state index in [2.05, 4.69) is 32.7 Å². The maximum Gasteiger partial charge on any atom is 0.259 e. The molecule has 1 atom stereocenters. The van der Waals surface area contributed by atoms with Crippen molar-refractivity contribution in [3.63, 3.8) is 0 Å². The molecule has 84 valence electrons. The van der Waals surface area contributed by atoms with Gasteiger partial charge in [0.1, 0.15) is 0 Å². The summed E-state index contributed by atoms with van der Waals surface area (Å²) < 4.78 is 6.29. The van der Waals surface area contributed by atoms with Gasteiger partial charge in [0.15, 0.2) is 5.82 Å². The Morgan fingerprint density at radius 1 is 1.44 bits per heavy atom. The van der Waals surface area contributed by atoms with E-state index in [9.17, 15) is 0 Å². The number of hydrogen-bond acceptors (Lipinski definition) is 3. The van der Waals surface area contributed by atoms with Gasteiger partial charge in [-0.1, -0.05) is 24.2 Å². The van der Waals surface area contributed by atoms with Crippen LogP contribution in [0, 0.1) is 3.57 Å². The van der Waals surface area contributed by atoms with Crippen LogP contribution in [-0.2, 0) is 0 Å². The number of halogens is 2. The molecule has 1 heterocycles. The second-order valence-electron chi connectivity index (χ2n) is 3.31. The highest BCUT2D eigenvalue weighted by atomic mass is 127. The number of aromatic nitrogens is 2. The molecule has 1 aromatic carbocycles. The molecule has 2 rings (SSSR count). The predicted octanol–water partition coefficient (Wildman–Crippen LogP) is 4.03. The van der Waals surface area contributed by atoms with Crippen LogP contribution >= 0.6 is 34.2 Å². The minimum atomic E-state index is -0.182. The third-order valence-corrected chi connectivity index (χ3v) is 3.63. The van der Waals surface area contributed by atoms with E-state index in [1.165, 1.54) is 0 Å². The van der Waals surface area contributed by atoms with Gasteiger partial charge in [-0.25, -0.2) is 0 Å². The smallest absolute Gasteiger partial charge is 0.259 e. The van der Waals surface area contributed by atoms with Crippen LogP contribution in [0.5, 0.6) is 0 Å². The summed E-state index contributed by atoms with van der Waals surface area (Å²) >= 11 is 8.28. The fourth-order valence-electron chi connectivity index (χ4n) is 1.29. The molecular weight excluding hydrogens is 338 g/mol. The third kappa shape index (κ3) is 2.38. The summed E-state index contributed by atoms with van der Waals surface area (Å²) in [5, 5.41) is 3.70. The number of hydrogen-bond donors (Lipinski definition) is 0. The lowest BCUT2D eigenvalue weighted by atomic mass is 10.2. The van der Waals surface area contributed by atoms with Crippen molar-refractivity contribution in [3.8, 4) is 11.5 Å². The summed E-state index contributed by atoms with van der Waals surface area (Å²) in [5.41, 5.74) is 0.946. The number of nitrogens with zero attached hydrogens (tertiary/aromatic N) is 2. The van der Waals surface area contributed by atoms with Crippen molar-refractivity contribution in [2.24, 2.45) is 0 Å². The first kappa shape index (κ1) is 11.9. The second kappa shape index (κ2) is 5.14. The molecule has 0 aliphatic rings. The van der Waals surface area contributed by atoms with Crippen LogP contribution in [0.3, 0.4) is 0 Å². The van der Waals surface area contributed by atoms with Gasteiger partial charge in [-0.15, -0.1) is 11.6 Å². The number of benzene rings is 1. The van der Waals surface area contributed by atoms with Crippen molar-refractivity contribution in [2.45, 2.75) is 18.7 Å². The van der Waals surface area contributed by atoms with Gasteiger partial charge < -0.3 is 4.52 Å². The quantitative estimate of drug-likeness (QED) is 0.621. The summed E-state index contributed by atoms with van der Waals surface area (Å²) in [7, 11) is 0. The molecule has 0 bridgehead atoms. The zero-order valence-electron chi connectivity index (χ0n) is 8.65. The van der Waals surface area contributed by atoms with E-state index in [1.54, 1.807) is 0 Å². The molecule has 0 saturated carbocycles. The zero-order chi connectivity index (χ0) is 11.5. The number of alkyl halides is 1. The highest BCUT2D eigenvalue weighted by Gasteiger charge is 2.15. The van der Waals surface area contributed by atoms with Crippen molar-refractivity contribution in [1.29, 1.82) is 0 Å². The van der Waals surface area contributed by atoms with Gasteiger partial charge in [-0.3, -0.25) is 0 Å².